The first-order chi connectivity index (χ1) is 14.5. The lowest BCUT2D eigenvalue weighted by molar-refractivity contribution is -0.113. The molecular formula is C21H22N4O2S3. The normalized spacial score (nSPS) is 17.7. The van der Waals surface area contributed by atoms with Crippen LogP contribution in [0.1, 0.15) is 51.0 Å². The van der Waals surface area contributed by atoms with Gasteiger partial charge in [0.2, 0.25) is 5.91 Å². The van der Waals surface area contributed by atoms with E-state index in [1.54, 1.807) is 17.7 Å². The number of aromatic nitrogens is 2. The minimum atomic E-state index is -0.464. The summed E-state index contributed by atoms with van der Waals surface area (Å²) in [4.78, 5) is 37.2. The molecule has 0 saturated carbocycles. The number of rotatable bonds is 5. The number of nitrogens with two attached hydrogens (primary N) is 1. The Morgan fingerprint density at radius 1 is 1.20 bits per heavy atom. The van der Waals surface area contributed by atoms with Crippen LogP contribution in [0.25, 0.3) is 10.2 Å². The van der Waals surface area contributed by atoms with Gasteiger partial charge in [-0.15, -0.1) is 22.7 Å². The van der Waals surface area contributed by atoms with Crippen LogP contribution in [-0.2, 0) is 30.5 Å². The monoisotopic (exact) mass is 458 g/mol. The van der Waals surface area contributed by atoms with Gasteiger partial charge >= 0.3 is 0 Å². The zero-order valence-electron chi connectivity index (χ0n) is 16.6. The number of thiophene rings is 2. The van der Waals surface area contributed by atoms with E-state index in [1.807, 2.05) is 0 Å². The topological polar surface area (TPSA) is 98.0 Å². The van der Waals surface area contributed by atoms with Gasteiger partial charge in [-0.2, -0.15) is 0 Å². The van der Waals surface area contributed by atoms with E-state index in [2.05, 4.69) is 22.2 Å². The molecule has 0 saturated heterocycles. The molecule has 0 bridgehead atoms. The first kappa shape index (κ1) is 20.0. The lowest BCUT2D eigenvalue weighted by Crippen LogP contribution is -2.19. The minimum absolute atomic E-state index is 0.146. The number of primary amides is 1. The van der Waals surface area contributed by atoms with Crippen LogP contribution >= 0.6 is 34.4 Å². The zero-order chi connectivity index (χ0) is 20.8. The van der Waals surface area contributed by atoms with E-state index in [1.165, 1.54) is 44.8 Å². The maximum absolute atomic E-state index is 12.7. The van der Waals surface area contributed by atoms with Crippen molar-refractivity contribution < 1.29 is 9.59 Å². The van der Waals surface area contributed by atoms with Gasteiger partial charge in [0.05, 0.1) is 11.3 Å². The standard InChI is InChI=1S/C21H22N4O2S3/c1-10-5-6-12-14(7-10)30-20-17(12)19(23-9-24-20)28-8-15(26)25-21-16(18(22)27)11-3-2-4-13(11)29-21/h9-10H,2-8H2,1H3,(H2,22,27)(H,25,26)/t10-/m1/s1. The largest absolute Gasteiger partial charge is 0.365 e. The quantitative estimate of drug-likeness (QED) is 0.441. The van der Waals surface area contributed by atoms with Gasteiger partial charge in [-0.25, -0.2) is 9.97 Å². The highest BCUT2D eigenvalue weighted by atomic mass is 32.2. The number of nitrogens with one attached hydrogen (secondary N) is 1. The van der Waals surface area contributed by atoms with Crippen molar-refractivity contribution in [3.63, 3.8) is 0 Å². The number of thioether (sulfide) groups is 1. The molecule has 0 spiro atoms. The van der Waals surface area contributed by atoms with Crippen LogP contribution < -0.4 is 11.1 Å². The van der Waals surface area contributed by atoms with Crippen molar-refractivity contribution >= 4 is 61.5 Å². The predicted octanol–water partition coefficient (Wildman–Crippen LogP) is 4.20. The molecule has 6 nitrogen and oxygen atoms in total. The van der Waals surface area contributed by atoms with Gasteiger partial charge in [0.15, 0.2) is 0 Å². The number of anilines is 1. The van der Waals surface area contributed by atoms with Gasteiger partial charge in [-0.3, -0.25) is 9.59 Å². The number of hydrogen-bond donors (Lipinski definition) is 2. The highest BCUT2D eigenvalue weighted by Gasteiger charge is 2.27. The molecule has 0 aliphatic heterocycles. The Kier molecular flexibility index (Phi) is 5.28. The number of amides is 2. The molecule has 5 rings (SSSR count). The Labute approximate surface area is 186 Å². The number of fused-ring (bicyclic) bond motifs is 4. The second-order valence-electron chi connectivity index (χ2n) is 7.97. The second-order valence-corrected chi connectivity index (χ2v) is 11.1. The zero-order valence-corrected chi connectivity index (χ0v) is 19.1. The molecular weight excluding hydrogens is 436 g/mol. The fourth-order valence-corrected chi connectivity index (χ4v) is 7.96. The minimum Gasteiger partial charge on any atom is -0.365 e. The number of nitrogens with zero attached hydrogens (tertiary/aromatic N) is 2. The van der Waals surface area contributed by atoms with Gasteiger partial charge in [0, 0.05) is 15.1 Å². The molecule has 2 aliphatic carbocycles. The van der Waals surface area contributed by atoms with Crippen molar-refractivity contribution in [3.8, 4) is 0 Å². The van der Waals surface area contributed by atoms with Crippen LogP contribution in [0.2, 0.25) is 0 Å². The van der Waals surface area contributed by atoms with E-state index < -0.39 is 5.91 Å². The van der Waals surface area contributed by atoms with Crippen molar-refractivity contribution in [1.82, 2.24) is 9.97 Å². The molecule has 30 heavy (non-hydrogen) atoms. The van der Waals surface area contributed by atoms with Gasteiger partial charge in [0.1, 0.15) is 21.2 Å². The van der Waals surface area contributed by atoms with E-state index in [0.717, 1.165) is 52.9 Å². The van der Waals surface area contributed by atoms with Crippen molar-refractivity contribution in [2.24, 2.45) is 11.7 Å². The fraction of sp³-hybridized carbons (Fsp3) is 0.429. The van der Waals surface area contributed by atoms with Gasteiger partial charge in [-0.05, 0) is 55.6 Å². The Hall–Kier alpha value is -1.97. The molecule has 0 radical (unpaired) electrons. The van der Waals surface area contributed by atoms with Crippen molar-refractivity contribution in [3.05, 3.63) is 32.8 Å². The number of carbonyl (C=O) groups is 2. The van der Waals surface area contributed by atoms with Gasteiger partial charge in [-0.1, -0.05) is 18.7 Å². The highest BCUT2D eigenvalue weighted by molar-refractivity contribution is 8.00. The average Bonchev–Trinajstić information content (AvgIpc) is 3.37. The summed E-state index contributed by atoms with van der Waals surface area (Å²) in [6, 6.07) is 0. The summed E-state index contributed by atoms with van der Waals surface area (Å²) >= 11 is 4.67. The molecule has 0 unspecified atom stereocenters. The fourth-order valence-electron chi connectivity index (χ4n) is 4.41. The molecule has 0 aromatic carbocycles. The van der Waals surface area contributed by atoms with Crippen molar-refractivity contribution in [1.29, 1.82) is 0 Å². The molecule has 3 aromatic rings. The Bertz CT molecular complexity index is 1170. The van der Waals surface area contributed by atoms with Crippen molar-refractivity contribution in [2.45, 2.75) is 50.5 Å². The molecule has 3 aromatic heterocycles. The SMILES string of the molecule is C[C@@H]1CCc2c(sc3ncnc(SCC(=O)Nc4sc5c(c4C(N)=O)CCC5)c23)C1. The third-order valence-corrected chi connectivity index (χ3v) is 9.18. The molecule has 1 atom stereocenters. The van der Waals surface area contributed by atoms with E-state index in [-0.39, 0.29) is 11.7 Å². The van der Waals surface area contributed by atoms with Gasteiger partial charge < -0.3 is 11.1 Å². The van der Waals surface area contributed by atoms with E-state index in [0.29, 0.717) is 16.5 Å². The van der Waals surface area contributed by atoms with E-state index in [4.69, 9.17) is 5.73 Å². The Morgan fingerprint density at radius 2 is 2.07 bits per heavy atom. The van der Waals surface area contributed by atoms with E-state index in [9.17, 15) is 9.59 Å². The summed E-state index contributed by atoms with van der Waals surface area (Å²) in [7, 11) is 0. The van der Waals surface area contributed by atoms with Crippen LogP contribution in [0.3, 0.4) is 0 Å². The Morgan fingerprint density at radius 3 is 2.90 bits per heavy atom. The third-order valence-electron chi connectivity index (χ3n) is 5.82. The van der Waals surface area contributed by atoms with Crippen LogP contribution in [0, 0.1) is 5.92 Å². The average molecular weight is 459 g/mol. The summed E-state index contributed by atoms with van der Waals surface area (Å²) in [5.41, 5.74) is 8.47. The molecule has 2 amide bonds. The maximum atomic E-state index is 12.7. The van der Waals surface area contributed by atoms with Crippen LogP contribution in [0.5, 0.6) is 0 Å². The van der Waals surface area contributed by atoms with Crippen LogP contribution in [-0.4, -0.2) is 27.5 Å². The molecule has 2 aliphatic rings. The highest BCUT2D eigenvalue weighted by Crippen LogP contribution is 2.41. The first-order valence-electron chi connectivity index (χ1n) is 10.1. The summed E-state index contributed by atoms with van der Waals surface area (Å²) in [5.74, 6) is 0.321. The number of aryl methyl sites for hydroxylation is 2. The number of hydrogen-bond acceptors (Lipinski definition) is 7. The third kappa shape index (κ3) is 3.52. The lowest BCUT2D eigenvalue weighted by Gasteiger charge is -2.18. The van der Waals surface area contributed by atoms with Crippen LogP contribution in [0.4, 0.5) is 5.00 Å². The summed E-state index contributed by atoms with van der Waals surface area (Å²) in [6.07, 6.45) is 7.76. The molecule has 9 heteroatoms. The number of carbonyl (C=O) groups excluding carboxylic acids is 2. The molecule has 3 heterocycles. The summed E-state index contributed by atoms with van der Waals surface area (Å²) in [6.45, 7) is 2.29. The van der Waals surface area contributed by atoms with E-state index >= 15 is 0 Å². The maximum Gasteiger partial charge on any atom is 0.251 e. The molecule has 156 valence electrons. The second kappa shape index (κ2) is 7.94. The summed E-state index contributed by atoms with van der Waals surface area (Å²) in [5, 5.41) is 5.50. The van der Waals surface area contributed by atoms with Crippen LogP contribution in [0.15, 0.2) is 11.4 Å². The smallest absolute Gasteiger partial charge is 0.251 e. The lowest BCUT2D eigenvalue weighted by atomic mass is 9.89. The molecule has 3 N–H and O–H groups in total. The summed E-state index contributed by atoms with van der Waals surface area (Å²) < 4.78 is 0. The predicted molar refractivity (Wildman–Crippen MR) is 123 cm³/mol. The first-order valence-corrected chi connectivity index (χ1v) is 12.8. The van der Waals surface area contributed by atoms with Gasteiger partial charge in [0.25, 0.3) is 5.91 Å². The van der Waals surface area contributed by atoms with Crippen molar-refractivity contribution in [2.75, 3.05) is 11.1 Å². The Balaban J connectivity index is 1.34. The molecule has 0 fully saturated rings.